The number of nitrogens with zero attached hydrogens (tertiary/aromatic N) is 1. The van der Waals surface area contributed by atoms with Crippen LogP contribution in [0.25, 0.3) is 33.1 Å². The van der Waals surface area contributed by atoms with Crippen LogP contribution in [0.1, 0.15) is 5.56 Å². The van der Waals surface area contributed by atoms with Crippen molar-refractivity contribution in [2.24, 2.45) is 0 Å². The van der Waals surface area contributed by atoms with Gasteiger partial charge in [-0.25, -0.2) is 14.2 Å². The fourth-order valence-electron chi connectivity index (χ4n) is 4.50. The van der Waals surface area contributed by atoms with Crippen molar-refractivity contribution >= 4 is 45.0 Å². The van der Waals surface area contributed by atoms with Gasteiger partial charge in [0.15, 0.2) is 0 Å². The van der Waals surface area contributed by atoms with E-state index in [9.17, 15) is 9.18 Å². The first-order valence-electron chi connectivity index (χ1n) is 12.1. The maximum atomic E-state index is 13.5. The summed E-state index contributed by atoms with van der Waals surface area (Å²) in [6, 6.07) is 31.6. The van der Waals surface area contributed by atoms with Crippen LogP contribution in [0.4, 0.5) is 26.2 Å². The minimum absolute atomic E-state index is 0.0300. The molecule has 6 aromatic rings. The summed E-state index contributed by atoms with van der Waals surface area (Å²) in [6.45, 7) is 0.0300. The Balaban J connectivity index is 1.34. The van der Waals surface area contributed by atoms with Gasteiger partial charge in [0, 0.05) is 39.6 Å². The Labute approximate surface area is 218 Å². The Hall–Kier alpha value is -5.17. The molecule has 4 aromatic carbocycles. The molecule has 0 aliphatic carbocycles. The summed E-state index contributed by atoms with van der Waals surface area (Å²) in [5, 5.41) is 8.18. The fraction of sp³-hybridized carbons (Fsp3) is 0.0323. The van der Waals surface area contributed by atoms with Crippen molar-refractivity contribution in [3.05, 3.63) is 121 Å². The number of halogens is 1. The Morgan fingerprint density at radius 2 is 1.58 bits per heavy atom. The van der Waals surface area contributed by atoms with Gasteiger partial charge in [0.05, 0.1) is 16.7 Å². The summed E-state index contributed by atoms with van der Waals surface area (Å²) < 4.78 is 18.9. The van der Waals surface area contributed by atoms with Crippen molar-refractivity contribution in [1.29, 1.82) is 0 Å². The topological polar surface area (TPSA) is 79.0 Å². The lowest BCUT2D eigenvalue weighted by atomic mass is 10.0. The highest BCUT2D eigenvalue weighted by Gasteiger charge is 2.12. The molecule has 2 aromatic heterocycles. The van der Waals surface area contributed by atoms with Crippen molar-refractivity contribution < 1.29 is 13.9 Å². The van der Waals surface area contributed by atoms with Gasteiger partial charge in [-0.1, -0.05) is 42.5 Å². The number of aromatic nitrogens is 2. The largest absolute Gasteiger partial charge is 0.444 e. The van der Waals surface area contributed by atoms with Crippen molar-refractivity contribution in [2.45, 2.75) is 6.61 Å². The molecule has 0 unspecified atom stereocenters. The number of anilines is 3. The molecular weight excluding hydrogens is 479 g/mol. The summed E-state index contributed by atoms with van der Waals surface area (Å²) >= 11 is 0. The highest BCUT2D eigenvalue weighted by Crippen LogP contribution is 2.34. The third-order valence-corrected chi connectivity index (χ3v) is 6.20. The number of aromatic amines is 1. The predicted molar refractivity (Wildman–Crippen MR) is 149 cm³/mol. The first kappa shape index (κ1) is 23.2. The van der Waals surface area contributed by atoms with Gasteiger partial charge in [-0.05, 0) is 66.2 Å². The van der Waals surface area contributed by atoms with Gasteiger partial charge in [-0.15, -0.1) is 0 Å². The smallest absolute Gasteiger partial charge is 0.411 e. The van der Waals surface area contributed by atoms with Crippen LogP contribution in [0.5, 0.6) is 0 Å². The van der Waals surface area contributed by atoms with Crippen LogP contribution in [-0.2, 0) is 11.3 Å². The lowest BCUT2D eigenvalue weighted by molar-refractivity contribution is 0.155. The van der Waals surface area contributed by atoms with Gasteiger partial charge >= 0.3 is 6.09 Å². The van der Waals surface area contributed by atoms with E-state index < -0.39 is 11.9 Å². The number of pyridine rings is 1. The molecule has 7 heteroatoms. The van der Waals surface area contributed by atoms with Gasteiger partial charge in [0.25, 0.3) is 0 Å². The number of ether oxygens (including phenoxy) is 1. The number of H-pyrrole nitrogens is 1. The van der Waals surface area contributed by atoms with Crippen molar-refractivity contribution in [3.8, 4) is 11.3 Å². The zero-order valence-corrected chi connectivity index (χ0v) is 20.2. The van der Waals surface area contributed by atoms with Crippen LogP contribution in [0.15, 0.2) is 109 Å². The van der Waals surface area contributed by atoms with E-state index in [1.54, 1.807) is 6.07 Å². The Morgan fingerprint density at radius 3 is 2.29 bits per heavy atom. The number of carbonyl (C=O) groups is 1. The summed E-state index contributed by atoms with van der Waals surface area (Å²) in [4.78, 5) is 20.4. The lowest BCUT2D eigenvalue weighted by Gasteiger charge is -2.16. The van der Waals surface area contributed by atoms with E-state index in [0.717, 1.165) is 50.0 Å². The molecule has 1 amide bonds. The second-order valence-corrected chi connectivity index (χ2v) is 8.86. The van der Waals surface area contributed by atoms with Crippen molar-refractivity contribution in [1.82, 2.24) is 9.97 Å². The average molecular weight is 503 g/mol. The molecule has 0 aliphatic rings. The van der Waals surface area contributed by atoms with Crippen LogP contribution in [0.3, 0.4) is 0 Å². The molecule has 0 radical (unpaired) electrons. The number of hydrogen-bond acceptors (Lipinski definition) is 4. The van der Waals surface area contributed by atoms with Crippen LogP contribution in [-0.4, -0.2) is 16.1 Å². The minimum atomic E-state index is -0.665. The molecule has 186 valence electrons. The zero-order chi connectivity index (χ0) is 25.9. The molecule has 2 heterocycles. The molecule has 0 saturated heterocycles. The van der Waals surface area contributed by atoms with E-state index in [4.69, 9.17) is 9.72 Å². The molecule has 6 nitrogen and oxygen atoms in total. The number of hydrogen-bond donors (Lipinski definition) is 3. The first-order chi connectivity index (χ1) is 18.6. The lowest BCUT2D eigenvalue weighted by Crippen LogP contribution is -2.13. The van der Waals surface area contributed by atoms with Gasteiger partial charge in [-0.3, -0.25) is 5.32 Å². The Bertz CT molecular complexity index is 1710. The standard InChI is InChI=1S/C31H23FN4O2/c32-22-7-5-8-23(18-22)35-31(37)38-19-20-15-21(27-13-6-14-33-27)17-24(16-20)34-30-25-9-1-3-11-28(25)36-29-12-4-2-10-26(29)30/h1-18,33H,19H2,(H,34,36)(H,35,37). The number of rotatable bonds is 6. The summed E-state index contributed by atoms with van der Waals surface area (Å²) in [5.41, 5.74) is 6.56. The number of fused-ring (bicyclic) bond motifs is 2. The molecule has 6 rings (SSSR count). The SMILES string of the molecule is O=C(Nc1cccc(F)c1)OCc1cc(Nc2c3ccccc3nc3ccccc23)cc(-c2ccc[nH]2)c1. The third kappa shape index (κ3) is 4.90. The summed E-state index contributed by atoms with van der Waals surface area (Å²) in [7, 11) is 0. The van der Waals surface area contributed by atoms with Crippen LogP contribution >= 0.6 is 0 Å². The van der Waals surface area contributed by atoms with E-state index in [1.165, 1.54) is 18.2 Å². The fourth-order valence-corrected chi connectivity index (χ4v) is 4.50. The van der Waals surface area contributed by atoms with E-state index in [-0.39, 0.29) is 6.61 Å². The monoisotopic (exact) mass is 502 g/mol. The highest BCUT2D eigenvalue weighted by molar-refractivity contribution is 6.08. The van der Waals surface area contributed by atoms with Gasteiger partial charge in [-0.2, -0.15) is 0 Å². The van der Waals surface area contributed by atoms with E-state index in [2.05, 4.69) is 15.6 Å². The number of amides is 1. The quantitative estimate of drug-likeness (QED) is 0.202. The first-order valence-corrected chi connectivity index (χ1v) is 12.1. The number of nitrogens with one attached hydrogen (secondary N) is 3. The van der Waals surface area contributed by atoms with Crippen LogP contribution in [0, 0.1) is 5.82 Å². The molecule has 38 heavy (non-hydrogen) atoms. The van der Waals surface area contributed by atoms with Crippen LogP contribution < -0.4 is 10.6 Å². The van der Waals surface area contributed by atoms with Gasteiger partial charge in [0.2, 0.25) is 0 Å². The Morgan fingerprint density at radius 1 is 0.816 bits per heavy atom. The van der Waals surface area contributed by atoms with Crippen molar-refractivity contribution in [3.63, 3.8) is 0 Å². The van der Waals surface area contributed by atoms with E-state index in [1.807, 2.05) is 85.1 Å². The molecule has 3 N–H and O–H groups in total. The van der Waals surface area contributed by atoms with Gasteiger partial charge in [0.1, 0.15) is 12.4 Å². The molecule has 0 bridgehead atoms. The molecule has 0 fully saturated rings. The zero-order valence-electron chi connectivity index (χ0n) is 20.2. The maximum Gasteiger partial charge on any atom is 0.411 e. The van der Waals surface area contributed by atoms with Gasteiger partial charge < -0.3 is 15.0 Å². The third-order valence-electron chi connectivity index (χ3n) is 6.20. The molecule has 0 saturated carbocycles. The minimum Gasteiger partial charge on any atom is -0.444 e. The van der Waals surface area contributed by atoms with Crippen molar-refractivity contribution in [2.75, 3.05) is 10.6 Å². The molecule has 0 atom stereocenters. The highest BCUT2D eigenvalue weighted by atomic mass is 19.1. The van der Waals surface area contributed by atoms with Crippen LogP contribution in [0.2, 0.25) is 0 Å². The second kappa shape index (κ2) is 10.1. The normalized spacial score (nSPS) is 11.0. The average Bonchev–Trinajstić information content (AvgIpc) is 3.47. The maximum absolute atomic E-state index is 13.5. The summed E-state index contributed by atoms with van der Waals surface area (Å²) in [6.07, 6.45) is 1.20. The van der Waals surface area contributed by atoms with E-state index in [0.29, 0.717) is 5.69 Å². The predicted octanol–water partition coefficient (Wildman–Crippen LogP) is 8.01. The number of carbonyl (C=O) groups excluding carboxylic acids is 1. The molecule has 0 aliphatic heterocycles. The summed E-state index contributed by atoms with van der Waals surface area (Å²) in [5.74, 6) is -0.437. The van der Waals surface area contributed by atoms with E-state index >= 15 is 0 Å². The molecule has 0 spiro atoms. The second-order valence-electron chi connectivity index (χ2n) is 8.86. The number of para-hydroxylation sites is 2. The molecular formula is C31H23FN4O2. The number of benzene rings is 4. The Kier molecular flexibility index (Phi) is 6.16.